The number of thiazole rings is 1. The minimum Gasteiger partial charge on any atom is -0.326 e. The number of hydrogen-bond acceptors (Lipinski definition) is 6. The van der Waals surface area contributed by atoms with Gasteiger partial charge in [0.25, 0.3) is 0 Å². The SMILES string of the molecule is NCc1sccc1S(=O)(=O)NCc1csc(=O)[nH]1. The standard InChI is InChI=1S/C9H11N3O3S3/c10-3-7-8(1-2-16-7)18(14,15)11-4-6-5-17-9(13)12-6/h1-2,5,11H,3-4,10H2,(H,12,13). The molecule has 0 aliphatic carbocycles. The van der Waals surface area contributed by atoms with Gasteiger partial charge in [-0.2, -0.15) is 0 Å². The van der Waals surface area contributed by atoms with Crippen molar-refractivity contribution < 1.29 is 8.42 Å². The van der Waals surface area contributed by atoms with Gasteiger partial charge in [-0.05, 0) is 11.4 Å². The summed E-state index contributed by atoms with van der Waals surface area (Å²) in [4.78, 5) is 14.1. The van der Waals surface area contributed by atoms with Crippen LogP contribution in [0.2, 0.25) is 0 Å². The zero-order valence-corrected chi connectivity index (χ0v) is 11.6. The van der Waals surface area contributed by atoms with Gasteiger partial charge in [0.1, 0.15) is 0 Å². The first-order chi connectivity index (χ1) is 8.53. The van der Waals surface area contributed by atoms with E-state index in [9.17, 15) is 13.2 Å². The number of hydrogen-bond donors (Lipinski definition) is 3. The van der Waals surface area contributed by atoms with E-state index < -0.39 is 10.0 Å². The fourth-order valence-corrected chi connectivity index (χ4v) is 4.29. The Hall–Kier alpha value is -1.00. The lowest BCUT2D eigenvalue weighted by Crippen LogP contribution is -2.24. The van der Waals surface area contributed by atoms with Crippen molar-refractivity contribution in [1.29, 1.82) is 0 Å². The Morgan fingerprint density at radius 2 is 2.17 bits per heavy atom. The third kappa shape index (κ3) is 2.87. The van der Waals surface area contributed by atoms with Crippen LogP contribution in [0.25, 0.3) is 0 Å². The second-order valence-corrected chi connectivity index (χ2v) is 6.99. The molecule has 9 heteroatoms. The second kappa shape index (κ2) is 5.33. The maximum Gasteiger partial charge on any atom is 0.304 e. The molecule has 0 spiro atoms. The number of nitrogens with two attached hydrogens (primary N) is 1. The number of aromatic amines is 1. The van der Waals surface area contributed by atoms with Crippen LogP contribution < -0.4 is 15.3 Å². The fraction of sp³-hybridized carbons (Fsp3) is 0.222. The van der Waals surface area contributed by atoms with Gasteiger partial charge in [0, 0.05) is 22.5 Å². The van der Waals surface area contributed by atoms with E-state index >= 15 is 0 Å². The van der Waals surface area contributed by atoms with E-state index in [1.807, 2.05) is 0 Å². The lowest BCUT2D eigenvalue weighted by Gasteiger charge is -2.05. The van der Waals surface area contributed by atoms with E-state index in [1.54, 1.807) is 10.8 Å². The summed E-state index contributed by atoms with van der Waals surface area (Å²) in [5, 5.41) is 3.27. The lowest BCUT2D eigenvalue weighted by molar-refractivity contribution is 0.580. The Morgan fingerprint density at radius 1 is 1.39 bits per heavy atom. The van der Waals surface area contributed by atoms with Gasteiger partial charge in [0.15, 0.2) is 0 Å². The molecule has 0 amide bonds. The molecule has 4 N–H and O–H groups in total. The van der Waals surface area contributed by atoms with Gasteiger partial charge in [-0.1, -0.05) is 11.3 Å². The van der Waals surface area contributed by atoms with E-state index in [-0.39, 0.29) is 22.9 Å². The fourth-order valence-electron chi connectivity index (χ4n) is 1.37. The van der Waals surface area contributed by atoms with Gasteiger partial charge < -0.3 is 10.7 Å². The van der Waals surface area contributed by atoms with Crippen molar-refractivity contribution in [1.82, 2.24) is 9.71 Å². The smallest absolute Gasteiger partial charge is 0.304 e. The van der Waals surface area contributed by atoms with Gasteiger partial charge >= 0.3 is 4.87 Å². The Bertz CT molecular complexity index is 683. The number of aromatic nitrogens is 1. The summed E-state index contributed by atoms with van der Waals surface area (Å²) in [6.07, 6.45) is 0. The predicted molar refractivity (Wildman–Crippen MR) is 71.2 cm³/mol. The summed E-state index contributed by atoms with van der Waals surface area (Å²) in [5.74, 6) is 0. The van der Waals surface area contributed by atoms with Crippen LogP contribution in [0.3, 0.4) is 0 Å². The molecular weight excluding hydrogens is 294 g/mol. The van der Waals surface area contributed by atoms with Crippen molar-refractivity contribution in [3.05, 3.63) is 37.1 Å². The largest absolute Gasteiger partial charge is 0.326 e. The third-order valence-corrected chi connectivity index (χ3v) is 5.48. The van der Waals surface area contributed by atoms with Crippen molar-refractivity contribution in [2.45, 2.75) is 18.0 Å². The number of sulfonamides is 1. The van der Waals surface area contributed by atoms with E-state index in [2.05, 4.69) is 9.71 Å². The average Bonchev–Trinajstić information content (AvgIpc) is 2.95. The summed E-state index contributed by atoms with van der Waals surface area (Å²) in [5.41, 5.74) is 6.01. The Balaban J connectivity index is 2.15. The van der Waals surface area contributed by atoms with Crippen LogP contribution in [0, 0.1) is 0 Å². The molecule has 98 valence electrons. The predicted octanol–water partition coefficient (Wildman–Crippen LogP) is 0.435. The molecule has 0 aromatic carbocycles. The van der Waals surface area contributed by atoms with Gasteiger partial charge in [-0.25, -0.2) is 13.1 Å². The van der Waals surface area contributed by atoms with Crippen LogP contribution in [0.4, 0.5) is 0 Å². The molecule has 2 heterocycles. The molecule has 0 radical (unpaired) electrons. The molecule has 2 rings (SSSR count). The van der Waals surface area contributed by atoms with E-state index in [0.717, 1.165) is 11.3 Å². The van der Waals surface area contributed by atoms with E-state index in [4.69, 9.17) is 5.73 Å². The van der Waals surface area contributed by atoms with Crippen LogP contribution in [-0.2, 0) is 23.1 Å². The first-order valence-electron chi connectivity index (χ1n) is 4.95. The van der Waals surface area contributed by atoms with Crippen LogP contribution in [0.15, 0.2) is 26.5 Å². The summed E-state index contributed by atoms with van der Waals surface area (Å²) >= 11 is 2.30. The Morgan fingerprint density at radius 3 is 2.78 bits per heavy atom. The molecule has 6 nitrogen and oxygen atoms in total. The minimum absolute atomic E-state index is 0.0565. The quantitative estimate of drug-likeness (QED) is 0.745. The molecule has 18 heavy (non-hydrogen) atoms. The second-order valence-electron chi connectivity index (χ2n) is 3.41. The highest BCUT2D eigenvalue weighted by molar-refractivity contribution is 7.89. The van der Waals surface area contributed by atoms with Crippen molar-refractivity contribution in [2.75, 3.05) is 0 Å². The summed E-state index contributed by atoms with van der Waals surface area (Å²) in [6, 6.07) is 1.52. The first kappa shape index (κ1) is 13.4. The molecule has 0 unspecified atom stereocenters. The topological polar surface area (TPSA) is 105 Å². The van der Waals surface area contributed by atoms with Crippen LogP contribution in [-0.4, -0.2) is 13.4 Å². The van der Waals surface area contributed by atoms with Crippen molar-refractivity contribution >= 4 is 32.7 Å². The number of nitrogens with one attached hydrogen (secondary N) is 2. The molecule has 2 aromatic heterocycles. The molecule has 0 fully saturated rings. The molecular formula is C9H11N3O3S3. The summed E-state index contributed by atoms with van der Waals surface area (Å²) in [6.45, 7) is 0.240. The number of rotatable bonds is 5. The van der Waals surface area contributed by atoms with Crippen LogP contribution >= 0.6 is 22.7 Å². The van der Waals surface area contributed by atoms with E-state index in [0.29, 0.717) is 10.6 Å². The van der Waals surface area contributed by atoms with Gasteiger partial charge in [-0.3, -0.25) is 4.79 Å². The highest BCUT2D eigenvalue weighted by Crippen LogP contribution is 2.21. The van der Waals surface area contributed by atoms with E-state index in [1.165, 1.54) is 17.4 Å². The molecule has 0 atom stereocenters. The van der Waals surface area contributed by atoms with Crippen LogP contribution in [0.1, 0.15) is 10.6 Å². The maximum absolute atomic E-state index is 12.0. The van der Waals surface area contributed by atoms with Gasteiger partial charge in [0.05, 0.1) is 11.4 Å². The van der Waals surface area contributed by atoms with Crippen LogP contribution in [0.5, 0.6) is 0 Å². The Kier molecular flexibility index (Phi) is 3.97. The molecule has 0 saturated heterocycles. The first-order valence-corrected chi connectivity index (χ1v) is 8.20. The van der Waals surface area contributed by atoms with Gasteiger partial charge in [-0.15, -0.1) is 11.3 Å². The number of thiophene rings is 1. The maximum atomic E-state index is 12.0. The molecule has 0 saturated carbocycles. The molecule has 2 aromatic rings. The highest BCUT2D eigenvalue weighted by atomic mass is 32.2. The molecule has 0 bridgehead atoms. The molecule has 0 aliphatic rings. The van der Waals surface area contributed by atoms with Gasteiger partial charge in [0.2, 0.25) is 10.0 Å². The van der Waals surface area contributed by atoms with Crippen molar-refractivity contribution in [3.63, 3.8) is 0 Å². The third-order valence-electron chi connectivity index (χ3n) is 2.20. The minimum atomic E-state index is -3.59. The summed E-state index contributed by atoms with van der Waals surface area (Å²) in [7, 11) is -3.59. The average molecular weight is 305 g/mol. The zero-order chi connectivity index (χ0) is 13.2. The lowest BCUT2D eigenvalue weighted by atomic mass is 10.5. The normalized spacial score (nSPS) is 11.8. The highest BCUT2D eigenvalue weighted by Gasteiger charge is 2.18. The van der Waals surface area contributed by atoms with Crippen molar-refractivity contribution in [3.8, 4) is 0 Å². The molecule has 0 aliphatic heterocycles. The zero-order valence-electron chi connectivity index (χ0n) is 9.17. The monoisotopic (exact) mass is 305 g/mol. The summed E-state index contributed by atoms with van der Waals surface area (Å²) < 4.78 is 26.4. The Labute approximate surface area is 112 Å². The van der Waals surface area contributed by atoms with Crippen molar-refractivity contribution in [2.24, 2.45) is 5.73 Å². The number of H-pyrrole nitrogens is 1.